The second-order valence-electron chi connectivity index (χ2n) is 6.38. The molecule has 18 heavy (non-hydrogen) atoms. The molecule has 1 aromatic carbocycles. The van der Waals surface area contributed by atoms with Crippen LogP contribution in [0, 0.1) is 17.8 Å². The van der Waals surface area contributed by atoms with Crippen LogP contribution in [0.2, 0.25) is 0 Å². The molecule has 0 amide bonds. The summed E-state index contributed by atoms with van der Waals surface area (Å²) in [6.07, 6.45) is 8.21. The van der Waals surface area contributed by atoms with E-state index in [9.17, 15) is 0 Å². The van der Waals surface area contributed by atoms with E-state index < -0.39 is 0 Å². The minimum Gasteiger partial charge on any atom is -0.324 e. The summed E-state index contributed by atoms with van der Waals surface area (Å²) in [5.74, 6) is 2.94. The molecular formula is C17H25N. The van der Waals surface area contributed by atoms with Crippen molar-refractivity contribution in [2.75, 3.05) is 0 Å². The molecular weight excluding hydrogens is 218 g/mol. The molecule has 0 aliphatic heterocycles. The Bertz CT molecular complexity index is 412. The number of hydrogen-bond acceptors (Lipinski definition) is 1. The van der Waals surface area contributed by atoms with Gasteiger partial charge in [0.15, 0.2) is 0 Å². The highest BCUT2D eigenvalue weighted by atomic mass is 14.6. The fraction of sp³-hybridized carbons (Fsp3) is 0.647. The average molecular weight is 243 g/mol. The molecule has 1 heteroatoms. The second-order valence-corrected chi connectivity index (χ2v) is 6.38. The van der Waals surface area contributed by atoms with Crippen molar-refractivity contribution in [3.05, 3.63) is 35.4 Å². The highest BCUT2D eigenvalue weighted by molar-refractivity contribution is 5.26. The maximum atomic E-state index is 6.43. The first-order chi connectivity index (χ1) is 8.76. The third kappa shape index (κ3) is 2.33. The molecule has 3 rings (SSSR count). The lowest BCUT2D eigenvalue weighted by molar-refractivity contribution is 0.296. The summed E-state index contributed by atoms with van der Waals surface area (Å²) in [6.45, 7) is 2.21. The smallest absolute Gasteiger partial charge is 0.0297 e. The van der Waals surface area contributed by atoms with E-state index in [-0.39, 0.29) is 6.04 Å². The van der Waals surface area contributed by atoms with E-state index in [1.54, 1.807) is 0 Å². The molecule has 1 nitrogen and oxygen atoms in total. The zero-order chi connectivity index (χ0) is 12.5. The summed E-state index contributed by atoms with van der Waals surface area (Å²) in [4.78, 5) is 0. The third-order valence-electron chi connectivity index (χ3n) is 5.23. The Hall–Kier alpha value is -0.820. The van der Waals surface area contributed by atoms with Crippen LogP contribution >= 0.6 is 0 Å². The molecule has 2 aliphatic rings. The molecule has 2 bridgehead atoms. The first-order valence-electron chi connectivity index (χ1n) is 7.60. The van der Waals surface area contributed by atoms with Gasteiger partial charge in [0.05, 0.1) is 0 Å². The standard InChI is InChI=1S/C17H25N/c1-2-12-4-3-5-15(8-12)17(18)11-16-10-13-6-7-14(16)9-13/h3-5,8,13-14,16-17H,2,6-7,9-11,18H2,1H3. The summed E-state index contributed by atoms with van der Waals surface area (Å²) < 4.78 is 0. The summed E-state index contributed by atoms with van der Waals surface area (Å²) in [5.41, 5.74) is 9.19. The lowest BCUT2D eigenvalue weighted by atomic mass is 9.83. The van der Waals surface area contributed by atoms with Gasteiger partial charge in [0.2, 0.25) is 0 Å². The van der Waals surface area contributed by atoms with Crippen LogP contribution < -0.4 is 5.73 Å². The first-order valence-corrected chi connectivity index (χ1v) is 7.60. The Labute approximate surface area is 111 Å². The molecule has 4 atom stereocenters. The molecule has 0 aromatic heterocycles. The van der Waals surface area contributed by atoms with Crippen molar-refractivity contribution in [2.45, 2.75) is 51.5 Å². The summed E-state index contributed by atoms with van der Waals surface area (Å²) in [7, 11) is 0. The average Bonchev–Trinajstić information content (AvgIpc) is 3.01. The van der Waals surface area contributed by atoms with Gasteiger partial charge < -0.3 is 5.73 Å². The van der Waals surface area contributed by atoms with Crippen molar-refractivity contribution < 1.29 is 0 Å². The molecule has 2 N–H and O–H groups in total. The number of hydrogen-bond donors (Lipinski definition) is 1. The topological polar surface area (TPSA) is 26.0 Å². The van der Waals surface area contributed by atoms with Crippen LogP contribution in [0.1, 0.15) is 56.2 Å². The summed E-state index contributed by atoms with van der Waals surface area (Å²) in [5, 5.41) is 0. The van der Waals surface area contributed by atoms with E-state index in [0.717, 1.165) is 24.2 Å². The van der Waals surface area contributed by atoms with Crippen LogP contribution in [-0.2, 0) is 6.42 Å². The predicted octanol–water partition coefficient (Wildman–Crippen LogP) is 4.08. The molecule has 2 fully saturated rings. The zero-order valence-electron chi connectivity index (χ0n) is 11.4. The van der Waals surface area contributed by atoms with E-state index in [2.05, 4.69) is 31.2 Å². The van der Waals surface area contributed by atoms with Gasteiger partial charge in [-0.05, 0) is 61.0 Å². The summed E-state index contributed by atoms with van der Waals surface area (Å²) >= 11 is 0. The van der Waals surface area contributed by atoms with Gasteiger partial charge in [-0.3, -0.25) is 0 Å². The Morgan fingerprint density at radius 2 is 2.17 bits per heavy atom. The van der Waals surface area contributed by atoms with Gasteiger partial charge >= 0.3 is 0 Å². The molecule has 2 aliphatic carbocycles. The maximum absolute atomic E-state index is 6.43. The van der Waals surface area contributed by atoms with Crippen LogP contribution in [0.15, 0.2) is 24.3 Å². The molecule has 0 heterocycles. The fourth-order valence-corrected chi connectivity index (χ4v) is 4.17. The SMILES string of the molecule is CCc1cccc(C(N)CC2CC3CCC2C3)c1. The highest BCUT2D eigenvalue weighted by Crippen LogP contribution is 2.50. The Morgan fingerprint density at radius 3 is 2.83 bits per heavy atom. The number of rotatable bonds is 4. The quantitative estimate of drug-likeness (QED) is 0.847. The van der Waals surface area contributed by atoms with Crippen LogP contribution in [0.3, 0.4) is 0 Å². The van der Waals surface area contributed by atoms with Crippen molar-refractivity contribution in [1.82, 2.24) is 0 Å². The van der Waals surface area contributed by atoms with Crippen molar-refractivity contribution in [3.63, 3.8) is 0 Å². The Morgan fingerprint density at radius 1 is 1.28 bits per heavy atom. The normalized spacial score (nSPS) is 31.8. The molecule has 98 valence electrons. The number of benzene rings is 1. The number of aryl methyl sites for hydroxylation is 1. The van der Waals surface area contributed by atoms with Crippen LogP contribution in [0.25, 0.3) is 0 Å². The molecule has 2 saturated carbocycles. The summed E-state index contributed by atoms with van der Waals surface area (Å²) in [6, 6.07) is 9.12. The van der Waals surface area contributed by atoms with E-state index in [4.69, 9.17) is 5.73 Å². The van der Waals surface area contributed by atoms with Gasteiger partial charge in [-0.1, -0.05) is 37.6 Å². The van der Waals surface area contributed by atoms with Crippen molar-refractivity contribution in [1.29, 1.82) is 0 Å². The van der Waals surface area contributed by atoms with Gasteiger partial charge in [0, 0.05) is 6.04 Å². The minimum atomic E-state index is 0.251. The Kier molecular flexibility index (Phi) is 3.43. The lowest BCUT2D eigenvalue weighted by Gasteiger charge is -2.25. The van der Waals surface area contributed by atoms with Crippen molar-refractivity contribution in [3.8, 4) is 0 Å². The minimum absolute atomic E-state index is 0.251. The number of nitrogens with two attached hydrogens (primary N) is 1. The van der Waals surface area contributed by atoms with Gasteiger partial charge in [0.25, 0.3) is 0 Å². The van der Waals surface area contributed by atoms with E-state index in [0.29, 0.717) is 0 Å². The Balaban J connectivity index is 1.65. The molecule has 0 spiro atoms. The van der Waals surface area contributed by atoms with Gasteiger partial charge in [0.1, 0.15) is 0 Å². The van der Waals surface area contributed by atoms with Crippen LogP contribution in [0.5, 0.6) is 0 Å². The third-order valence-corrected chi connectivity index (χ3v) is 5.23. The molecule has 4 unspecified atom stereocenters. The largest absolute Gasteiger partial charge is 0.324 e. The van der Waals surface area contributed by atoms with Gasteiger partial charge in [-0.25, -0.2) is 0 Å². The van der Waals surface area contributed by atoms with E-state index >= 15 is 0 Å². The maximum Gasteiger partial charge on any atom is 0.0297 e. The second kappa shape index (κ2) is 5.05. The van der Waals surface area contributed by atoms with Crippen LogP contribution in [0.4, 0.5) is 0 Å². The van der Waals surface area contributed by atoms with Crippen molar-refractivity contribution in [2.24, 2.45) is 23.5 Å². The zero-order valence-corrected chi connectivity index (χ0v) is 11.4. The van der Waals surface area contributed by atoms with Gasteiger partial charge in [-0.15, -0.1) is 0 Å². The highest BCUT2D eigenvalue weighted by Gasteiger charge is 2.39. The predicted molar refractivity (Wildman–Crippen MR) is 76.3 cm³/mol. The van der Waals surface area contributed by atoms with Gasteiger partial charge in [-0.2, -0.15) is 0 Å². The fourth-order valence-electron chi connectivity index (χ4n) is 4.17. The van der Waals surface area contributed by atoms with Crippen LogP contribution in [-0.4, -0.2) is 0 Å². The lowest BCUT2D eigenvalue weighted by Crippen LogP contribution is -2.19. The van der Waals surface area contributed by atoms with E-state index in [1.165, 1.54) is 43.2 Å². The monoisotopic (exact) mass is 243 g/mol. The van der Waals surface area contributed by atoms with Crippen molar-refractivity contribution >= 4 is 0 Å². The molecule has 0 radical (unpaired) electrons. The first kappa shape index (κ1) is 12.2. The molecule has 1 aromatic rings. The number of fused-ring (bicyclic) bond motifs is 2. The van der Waals surface area contributed by atoms with E-state index in [1.807, 2.05) is 0 Å². The molecule has 0 saturated heterocycles.